The zero-order valence-electron chi connectivity index (χ0n) is 17.9. The molecule has 4 rings (SSSR count). The minimum absolute atomic E-state index is 0.109. The summed E-state index contributed by atoms with van der Waals surface area (Å²) in [4.78, 5) is 13.1. The number of sulfonamides is 1. The summed E-state index contributed by atoms with van der Waals surface area (Å²) in [6.45, 7) is 2.43. The van der Waals surface area contributed by atoms with Crippen molar-refractivity contribution in [2.24, 2.45) is 0 Å². The topological polar surface area (TPSA) is 84.9 Å². The third-order valence-corrected chi connectivity index (χ3v) is 7.44. The van der Waals surface area contributed by atoms with E-state index in [-0.39, 0.29) is 17.5 Å². The fraction of sp³-hybridized carbons (Fsp3) is 0.208. The highest BCUT2D eigenvalue weighted by Gasteiger charge is 2.28. The van der Waals surface area contributed by atoms with Gasteiger partial charge in [-0.25, -0.2) is 8.42 Å². The molecular weight excluding hydrogens is 508 g/mol. The van der Waals surface area contributed by atoms with Crippen LogP contribution in [0.1, 0.15) is 18.5 Å². The number of hydrogen-bond donors (Lipinski definition) is 1. The van der Waals surface area contributed by atoms with E-state index < -0.39 is 15.9 Å². The quantitative estimate of drug-likeness (QED) is 0.492. The van der Waals surface area contributed by atoms with E-state index in [4.69, 9.17) is 9.47 Å². The average Bonchev–Trinajstić information content (AvgIpc) is 2.82. The van der Waals surface area contributed by atoms with Crippen molar-refractivity contribution in [1.29, 1.82) is 0 Å². The molecule has 1 amide bonds. The fourth-order valence-corrected chi connectivity index (χ4v) is 5.32. The molecule has 3 aromatic carbocycles. The Morgan fingerprint density at radius 1 is 1.00 bits per heavy atom. The summed E-state index contributed by atoms with van der Waals surface area (Å²) in [6, 6.07) is 20.0. The maximum Gasteiger partial charge on any atom is 0.264 e. The van der Waals surface area contributed by atoms with E-state index in [9.17, 15) is 13.2 Å². The maximum absolute atomic E-state index is 13.4. The summed E-state index contributed by atoms with van der Waals surface area (Å²) in [5.74, 6) is 0.859. The van der Waals surface area contributed by atoms with Crippen molar-refractivity contribution in [3.05, 3.63) is 82.8 Å². The van der Waals surface area contributed by atoms with Crippen LogP contribution in [0.4, 0.5) is 5.69 Å². The number of carbonyl (C=O) groups excluding carboxylic acids is 1. The highest BCUT2D eigenvalue weighted by atomic mass is 79.9. The van der Waals surface area contributed by atoms with Crippen LogP contribution in [0.2, 0.25) is 0 Å². The molecule has 33 heavy (non-hydrogen) atoms. The van der Waals surface area contributed by atoms with Gasteiger partial charge in [-0.1, -0.05) is 46.3 Å². The van der Waals surface area contributed by atoms with Crippen LogP contribution in [0.15, 0.2) is 82.2 Å². The van der Waals surface area contributed by atoms with Crippen LogP contribution in [0, 0.1) is 0 Å². The van der Waals surface area contributed by atoms with Crippen LogP contribution < -0.4 is 19.1 Å². The number of halogens is 1. The highest BCUT2D eigenvalue weighted by Crippen LogP contribution is 2.32. The summed E-state index contributed by atoms with van der Waals surface area (Å²) in [6.07, 6.45) is 0. The third-order valence-electron chi connectivity index (χ3n) is 5.16. The van der Waals surface area contributed by atoms with Crippen molar-refractivity contribution in [2.75, 3.05) is 24.1 Å². The van der Waals surface area contributed by atoms with Gasteiger partial charge in [-0.05, 0) is 55.0 Å². The van der Waals surface area contributed by atoms with Crippen molar-refractivity contribution >= 4 is 37.5 Å². The Hall–Kier alpha value is -3.04. The molecule has 0 saturated carbocycles. The number of ether oxygens (including phenoxy) is 2. The van der Waals surface area contributed by atoms with Crippen LogP contribution in [-0.4, -0.2) is 34.1 Å². The second-order valence-corrected chi connectivity index (χ2v) is 10.3. The van der Waals surface area contributed by atoms with Crippen molar-refractivity contribution < 1.29 is 22.7 Å². The Bertz CT molecular complexity index is 1250. The monoisotopic (exact) mass is 530 g/mol. The molecule has 172 valence electrons. The van der Waals surface area contributed by atoms with E-state index in [1.54, 1.807) is 48.5 Å². The van der Waals surface area contributed by atoms with E-state index in [2.05, 4.69) is 21.2 Å². The molecule has 0 aliphatic carbocycles. The van der Waals surface area contributed by atoms with Gasteiger partial charge in [-0.3, -0.25) is 9.10 Å². The number of nitrogens with one attached hydrogen (secondary N) is 1. The molecule has 0 saturated heterocycles. The molecule has 1 aliphatic rings. The number of carbonyl (C=O) groups is 1. The summed E-state index contributed by atoms with van der Waals surface area (Å²) in [5.41, 5.74) is 1.21. The molecular formula is C24H23BrN2O5S. The van der Waals surface area contributed by atoms with Gasteiger partial charge < -0.3 is 14.8 Å². The predicted octanol–water partition coefficient (Wildman–Crippen LogP) is 4.29. The van der Waals surface area contributed by atoms with Crippen LogP contribution in [-0.2, 0) is 14.8 Å². The maximum atomic E-state index is 13.4. The van der Waals surface area contributed by atoms with Gasteiger partial charge in [0.15, 0.2) is 11.5 Å². The van der Waals surface area contributed by atoms with Crippen molar-refractivity contribution in [2.45, 2.75) is 17.9 Å². The largest absolute Gasteiger partial charge is 0.486 e. The molecule has 0 aromatic heterocycles. The van der Waals surface area contributed by atoms with Gasteiger partial charge in [0.25, 0.3) is 10.0 Å². The minimum atomic E-state index is -3.96. The third kappa shape index (κ3) is 5.31. The number of anilines is 1. The van der Waals surface area contributed by atoms with Gasteiger partial charge in [0.05, 0.1) is 16.6 Å². The van der Waals surface area contributed by atoms with Gasteiger partial charge in [-0.15, -0.1) is 0 Å². The van der Waals surface area contributed by atoms with Crippen molar-refractivity contribution in [3.8, 4) is 11.5 Å². The van der Waals surface area contributed by atoms with E-state index >= 15 is 0 Å². The Morgan fingerprint density at radius 3 is 2.45 bits per heavy atom. The molecule has 0 spiro atoms. The van der Waals surface area contributed by atoms with Gasteiger partial charge in [0, 0.05) is 4.47 Å². The molecule has 1 N–H and O–H groups in total. The lowest BCUT2D eigenvalue weighted by Gasteiger charge is -2.25. The molecule has 1 aliphatic heterocycles. The summed E-state index contributed by atoms with van der Waals surface area (Å²) >= 11 is 3.38. The van der Waals surface area contributed by atoms with Crippen LogP contribution in [0.5, 0.6) is 11.5 Å². The van der Waals surface area contributed by atoms with Gasteiger partial charge in [-0.2, -0.15) is 0 Å². The number of rotatable bonds is 7. The first-order chi connectivity index (χ1) is 15.8. The Labute approximate surface area is 201 Å². The van der Waals surface area contributed by atoms with Gasteiger partial charge >= 0.3 is 0 Å². The summed E-state index contributed by atoms with van der Waals surface area (Å²) in [5, 5.41) is 2.89. The molecule has 0 radical (unpaired) electrons. The van der Waals surface area contributed by atoms with Crippen molar-refractivity contribution in [3.63, 3.8) is 0 Å². The lowest BCUT2D eigenvalue weighted by Crippen LogP contribution is -2.41. The molecule has 9 heteroatoms. The molecule has 0 fully saturated rings. The van der Waals surface area contributed by atoms with E-state index in [0.29, 0.717) is 34.9 Å². The molecule has 0 unspecified atom stereocenters. The van der Waals surface area contributed by atoms with E-state index in [1.165, 1.54) is 12.1 Å². The molecule has 1 atom stereocenters. The first kappa shape index (κ1) is 23.1. The SMILES string of the molecule is C[C@@H](NC(=O)CN(c1cccc(Br)c1)S(=O)(=O)c1ccccc1)c1ccc2c(c1)OCCO2. The number of nitrogens with zero attached hydrogens (tertiary/aromatic N) is 1. The highest BCUT2D eigenvalue weighted by molar-refractivity contribution is 9.10. The zero-order valence-corrected chi connectivity index (χ0v) is 20.3. The Kier molecular flexibility index (Phi) is 6.90. The minimum Gasteiger partial charge on any atom is -0.486 e. The van der Waals surface area contributed by atoms with Gasteiger partial charge in [0.1, 0.15) is 19.8 Å². The lowest BCUT2D eigenvalue weighted by molar-refractivity contribution is -0.120. The van der Waals surface area contributed by atoms with Gasteiger partial charge in [0.2, 0.25) is 5.91 Å². The second-order valence-electron chi connectivity index (χ2n) is 7.50. The second kappa shape index (κ2) is 9.84. The van der Waals surface area contributed by atoms with Crippen molar-refractivity contribution in [1.82, 2.24) is 5.32 Å². The molecule has 7 nitrogen and oxygen atoms in total. The van der Waals surface area contributed by atoms with Crippen LogP contribution >= 0.6 is 15.9 Å². The first-order valence-corrected chi connectivity index (χ1v) is 12.6. The Balaban J connectivity index is 1.56. The normalized spacial score (nSPS) is 13.8. The zero-order chi connectivity index (χ0) is 23.4. The Morgan fingerprint density at radius 2 is 1.73 bits per heavy atom. The smallest absolute Gasteiger partial charge is 0.264 e. The number of benzene rings is 3. The molecule has 3 aromatic rings. The standard InChI is InChI=1S/C24H23BrN2O5S/c1-17(18-10-11-22-23(14-18)32-13-12-31-22)26-24(28)16-27(20-7-5-6-19(25)15-20)33(29,30)21-8-3-2-4-9-21/h2-11,14-15,17H,12-13,16H2,1H3,(H,26,28)/t17-/m1/s1. The lowest BCUT2D eigenvalue weighted by atomic mass is 10.1. The molecule has 1 heterocycles. The molecule has 0 bridgehead atoms. The first-order valence-electron chi connectivity index (χ1n) is 10.4. The average molecular weight is 531 g/mol. The van der Waals surface area contributed by atoms with Crippen LogP contribution in [0.25, 0.3) is 0 Å². The van der Waals surface area contributed by atoms with Crippen LogP contribution in [0.3, 0.4) is 0 Å². The number of amides is 1. The fourth-order valence-electron chi connectivity index (χ4n) is 3.50. The number of hydrogen-bond acceptors (Lipinski definition) is 5. The predicted molar refractivity (Wildman–Crippen MR) is 129 cm³/mol. The number of fused-ring (bicyclic) bond motifs is 1. The summed E-state index contributed by atoms with van der Waals surface area (Å²) in [7, 11) is -3.96. The van der Waals surface area contributed by atoms with E-state index in [0.717, 1.165) is 9.87 Å². The van der Waals surface area contributed by atoms with E-state index in [1.807, 2.05) is 19.1 Å². The summed E-state index contributed by atoms with van der Waals surface area (Å²) < 4.78 is 39.8.